The number of aliphatic hydroxyl groups is 1. The molecule has 0 saturated carbocycles. The van der Waals surface area contributed by atoms with Crippen LogP contribution < -0.4 is 0 Å². The van der Waals surface area contributed by atoms with Gasteiger partial charge in [0.2, 0.25) is 12.4 Å². The molecule has 1 heterocycles. The molecule has 0 spiro atoms. The molecular weight excluding hydrogens is 328 g/mol. The Morgan fingerprint density at radius 3 is 1.58 bits per heavy atom. The maximum absolute atomic E-state index is 11.4. The average Bonchev–Trinajstić information content (AvgIpc) is 2.42. The van der Waals surface area contributed by atoms with Gasteiger partial charge in [-0.1, -0.05) is 0 Å². The maximum Gasteiger partial charge on any atom is 0.305 e. The molecular formula is C14H20O10. The summed E-state index contributed by atoms with van der Waals surface area (Å²) < 4.78 is 25.4. The monoisotopic (exact) mass is 348 g/mol. The Bertz CT molecular complexity index is 502. The van der Waals surface area contributed by atoms with Crippen LogP contribution in [0.25, 0.3) is 0 Å². The van der Waals surface area contributed by atoms with Crippen molar-refractivity contribution in [1.82, 2.24) is 0 Å². The Labute approximate surface area is 137 Å². The molecule has 5 atom stereocenters. The van der Waals surface area contributed by atoms with E-state index in [0.717, 1.165) is 27.7 Å². The van der Waals surface area contributed by atoms with Crippen LogP contribution in [0.2, 0.25) is 0 Å². The van der Waals surface area contributed by atoms with E-state index < -0.39 is 61.2 Å². The number of rotatable bonds is 5. The Morgan fingerprint density at radius 1 is 0.750 bits per heavy atom. The van der Waals surface area contributed by atoms with Gasteiger partial charge in [0.1, 0.15) is 6.10 Å². The van der Waals surface area contributed by atoms with Crippen molar-refractivity contribution in [3.63, 3.8) is 0 Å². The number of carbonyl (C=O) groups is 4. The summed E-state index contributed by atoms with van der Waals surface area (Å²) in [4.78, 5) is 45.3. The summed E-state index contributed by atoms with van der Waals surface area (Å²) in [6.07, 6.45) is -6.56. The highest BCUT2D eigenvalue weighted by Crippen LogP contribution is 2.29. The molecule has 0 aromatic rings. The van der Waals surface area contributed by atoms with Crippen LogP contribution in [-0.4, -0.2) is 66.3 Å². The summed E-state index contributed by atoms with van der Waals surface area (Å²) in [5.74, 6) is -3.00. The van der Waals surface area contributed by atoms with Crippen LogP contribution in [-0.2, 0) is 42.9 Å². The third-order valence-electron chi connectivity index (χ3n) is 2.96. The molecule has 1 fully saturated rings. The normalized spacial score (nSPS) is 29.3. The summed E-state index contributed by atoms with van der Waals surface area (Å²) in [6, 6.07) is 0. The Balaban J connectivity index is 3.23. The summed E-state index contributed by atoms with van der Waals surface area (Å²) in [5, 5.41) is 9.44. The van der Waals surface area contributed by atoms with Gasteiger partial charge < -0.3 is 28.8 Å². The number of ether oxygens (including phenoxy) is 5. The van der Waals surface area contributed by atoms with Crippen molar-refractivity contribution in [2.45, 2.75) is 58.4 Å². The molecule has 0 aromatic carbocycles. The quantitative estimate of drug-likeness (QED) is 0.490. The molecule has 1 saturated heterocycles. The van der Waals surface area contributed by atoms with E-state index in [1.807, 2.05) is 0 Å². The predicted octanol–water partition coefficient (Wildman–Crippen LogP) is -0.938. The first kappa shape index (κ1) is 19.8. The first-order valence-electron chi connectivity index (χ1n) is 7.11. The summed E-state index contributed by atoms with van der Waals surface area (Å²) >= 11 is 0. The third kappa shape index (κ3) is 5.46. The predicted molar refractivity (Wildman–Crippen MR) is 74.2 cm³/mol. The van der Waals surface area contributed by atoms with E-state index in [1.165, 1.54) is 0 Å². The van der Waals surface area contributed by atoms with Gasteiger partial charge in [0.05, 0.1) is 6.61 Å². The molecule has 0 bridgehead atoms. The Kier molecular flexibility index (Phi) is 7.11. The molecule has 2 unspecified atom stereocenters. The SMILES string of the molecule is CC(=O)OC1[C@H](OC(C)=O)OC(CO)[C@@H](OC(C)=O)[C@@H]1OC(C)=O. The summed E-state index contributed by atoms with van der Waals surface area (Å²) in [7, 11) is 0. The fourth-order valence-electron chi connectivity index (χ4n) is 2.26. The molecule has 0 radical (unpaired) electrons. The van der Waals surface area contributed by atoms with Gasteiger partial charge >= 0.3 is 23.9 Å². The lowest BCUT2D eigenvalue weighted by molar-refractivity contribution is -0.299. The lowest BCUT2D eigenvalue weighted by atomic mass is 9.98. The van der Waals surface area contributed by atoms with Crippen LogP contribution in [0.1, 0.15) is 27.7 Å². The van der Waals surface area contributed by atoms with Gasteiger partial charge in [-0.3, -0.25) is 19.2 Å². The summed E-state index contributed by atoms with van der Waals surface area (Å²) in [6.45, 7) is 3.77. The van der Waals surface area contributed by atoms with Gasteiger partial charge in [0.25, 0.3) is 0 Å². The molecule has 0 aromatic heterocycles. The third-order valence-corrected chi connectivity index (χ3v) is 2.96. The lowest BCUT2D eigenvalue weighted by Crippen LogP contribution is -2.62. The fourth-order valence-corrected chi connectivity index (χ4v) is 2.26. The van der Waals surface area contributed by atoms with E-state index in [4.69, 9.17) is 23.7 Å². The van der Waals surface area contributed by atoms with Gasteiger partial charge in [0.15, 0.2) is 12.2 Å². The molecule has 0 aliphatic carbocycles. The Morgan fingerprint density at radius 2 is 1.17 bits per heavy atom. The molecule has 10 heteroatoms. The average molecular weight is 348 g/mol. The number of hydrogen-bond acceptors (Lipinski definition) is 10. The molecule has 1 rings (SSSR count). The first-order valence-corrected chi connectivity index (χ1v) is 7.11. The van der Waals surface area contributed by atoms with Crippen molar-refractivity contribution in [3.8, 4) is 0 Å². The molecule has 136 valence electrons. The standard InChI is InChI=1S/C14H20O10/c1-6(16)20-11-10(5-15)24-14(23-9(4)19)13(22-8(3)18)12(11)21-7(2)17/h10-15H,5H2,1-4H3/t10?,11-,12+,13?,14-/m1/s1. The van der Waals surface area contributed by atoms with E-state index in [-0.39, 0.29) is 0 Å². The van der Waals surface area contributed by atoms with Crippen molar-refractivity contribution in [1.29, 1.82) is 0 Å². The molecule has 0 amide bonds. The second-order valence-electron chi connectivity index (χ2n) is 5.06. The number of aliphatic hydroxyl groups excluding tert-OH is 1. The number of esters is 4. The van der Waals surface area contributed by atoms with Crippen LogP contribution >= 0.6 is 0 Å². The smallest absolute Gasteiger partial charge is 0.305 e. The number of hydrogen-bond donors (Lipinski definition) is 1. The highest BCUT2D eigenvalue weighted by Gasteiger charge is 2.53. The zero-order valence-electron chi connectivity index (χ0n) is 13.7. The van der Waals surface area contributed by atoms with Crippen LogP contribution in [0.5, 0.6) is 0 Å². The second-order valence-corrected chi connectivity index (χ2v) is 5.06. The zero-order valence-corrected chi connectivity index (χ0v) is 13.7. The zero-order chi connectivity index (χ0) is 18.4. The van der Waals surface area contributed by atoms with Crippen LogP contribution in [0.15, 0.2) is 0 Å². The highest BCUT2D eigenvalue weighted by atomic mass is 16.7. The van der Waals surface area contributed by atoms with E-state index in [1.54, 1.807) is 0 Å². The van der Waals surface area contributed by atoms with Gasteiger partial charge in [0, 0.05) is 27.7 Å². The lowest BCUT2D eigenvalue weighted by Gasteiger charge is -2.43. The summed E-state index contributed by atoms with van der Waals surface area (Å²) in [5.41, 5.74) is 0. The molecule has 24 heavy (non-hydrogen) atoms. The van der Waals surface area contributed by atoms with Crippen molar-refractivity contribution in [2.75, 3.05) is 6.61 Å². The van der Waals surface area contributed by atoms with Crippen molar-refractivity contribution in [3.05, 3.63) is 0 Å². The number of carbonyl (C=O) groups excluding carboxylic acids is 4. The maximum atomic E-state index is 11.4. The Hall–Kier alpha value is -2.20. The highest BCUT2D eigenvalue weighted by molar-refractivity contribution is 5.69. The minimum absolute atomic E-state index is 0.625. The second kappa shape index (κ2) is 8.60. The van der Waals surface area contributed by atoms with Crippen molar-refractivity contribution < 1.29 is 48.0 Å². The van der Waals surface area contributed by atoms with Gasteiger partial charge in [-0.15, -0.1) is 0 Å². The molecule has 1 aliphatic rings. The van der Waals surface area contributed by atoms with E-state index >= 15 is 0 Å². The van der Waals surface area contributed by atoms with Crippen LogP contribution in [0.4, 0.5) is 0 Å². The van der Waals surface area contributed by atoms with Crippen molar-refractivity contribution >= 4 is 23.9 Å². The largest absolute Gasteiger partial charge is 0.456 e. The fraction of sp³-hybridized carbons (Fsp3) is 0.714. The van der Waals surface area contributed by atoms with Gasteiger partial charge in [-0.25, -0.2) is 0 Å². The van der Waals surface area contributed by atoms with E-state index in [9.17, 15) is 24.3 Å². The first-order chi connectivity index (χ1) is 11.1. The topological polar surface area (TPSA) is 135 Å². The van der Waals surface area contributed by atoms with Crippen molar-refractivity contribution in [2.24, 2.45) is 0 Å². The molecule has 10 nitrogen and oxygen atoms in total. The van der Waals surface area contributed by atoms with Crippen LogP contribution in [0.3, 0.4) is 0 Å². The van der Waals surface area contributed by atoms with E-state index in [2.05, 4.69) is 0 Å². The van der Waals surface area contributed by atoms with E-state index in [0.29, 0.717) is 0 Å². The minimum atomic E-state index is -1.44. The minimum Gasteiger partial charge on any atom is -0.456 e. The van der Waals surface area contributed by atoms with Gasteiger partial charge in [-0.2, -0.15) is 0 Å². The van der Waals surface area contributed by atoms with Gasteiger partial charge in [-0.05, 0) is 0 Å². The molecule has 1 aliphatic heterocycles. The van der Waals surface area contributed by atoms with Crippen LogP contribution in [0, 0.1) is 0 Å². The molecule has 1 N–H and O–H groups in total.